The molecule has 0 aliphatic carbocycles. The van der Waals surface area contributed by atoms with Crippen LogP contribution in [-0.2, 0) is 4.79 Å². The first-order valence-corrected chi connectivity index (χ1v) is 3.25. The van der Waals surface area contributed by atoms with Gasteiger partial charge in [0.05, 0.1) is 0 Å². The number of hydrogen-bond donors (Lipinski definition) is 1. The van der Waals surface area contributed by atoms with Crippen molar-refractivity contribution >= 4 is 23.5 Å². The number of carbonyl (C=O) groups excluding carboxylic acids is 2. The summed E-state index contributed by atoms with van der Waals surface area (Å²) >= 11 is 1.04. The Bertz CT molecular complexity index is 268. The van der Waals surface area contributed by atoms with Crippen LogP contribution in [0.5, 0.6) is 0 Å². The van der Waals surface area contributed by atoms with Crippen LogP contribution in [0.25, 0.3) is 0 Å². The third-order valence-corrected chi connectivity index (χ3v) is 1.58. The third kappa shape index (κ3) is 1.19. The van der Waals surface area contributed by atoms with Gasteiger partial charge in [-0.25, -0.2) is 4.98 Å². The zero-order valence-electron chi connectivity index (χ0n) is 4.83. The van der Waals surface area contributed by atoms with Gasteiger partial charge in [-0.3, -0.25) is 9.59 Å². The van der Waals surface area contributed by atoms with Gasteiger partial charge in [0.25, 0.3) is 12.2 Å². The van der Waals surface area contributed by atoms with Crippen LogP contribution in [0.15, 0.2) is 5.38 Å². The Labute approximate surface area is 60.7 Å². The molecule has 0 atom stereocenters. The van der Waals surface area contributed by atoms with Crippen LogP contribution in [0.4, 0.5) is 0 Å². The quantitative estimate of drug-likeness (QED) is 0.637. The van der Waals surface area contributed by atoms with Crippen LogP contribution < -0.4 is 5.73 Å². The van der Waals surface area contributed by atoms with Gasteiger partial charge in [0.1, 0.15) is 5.69 Å². The summed E-state index contributed by atoms with van der Waals surface area (Å²) in [4.78, 5) is 23.8. The first-order chi connectivity index (χ1) is 4.74. The highest BCUT2D eigenvalue weighted by molar-refractivity contribution is 7.11. The second-order valence-corrected chi connectivity index (χ2v) is 2.36. The summed E-state index contributed by atoms with van der Waals surface area (Å²) in [5.41, 5.74) is 4.97. The number of thiazole rings is 1. The minimum Gasteiger partial charge on any atom is -0.364 e. The number of rotatable bonds is 2. The van der Waals surface area contributed by atoms with Crippen molar-refractivity contribution < 1.29 is 9.59 Å². The van der Waals surface area contributed by atoms with Crippen LogP contribution in [0.2, 0.25) is 0 Å². The zero-order chi connectivity index (χ0) is 7.56. The van der Waals surface area contributed by atoms with E-state index >= 15 is 0 Å². The Morgan fingerprint density at radius 1 is 1.80 bits per heavy atom. The average molecular weight is 155 g/mol. The summed E-state index contributed by atoms with van der Waals surface area (Å²) in [6, 6.07) is 0. The summed E-state index contributed by atoms with van der Waals surface area (Å²) in [6.07, 6.45) is 1.55. The van der Waals surface area contributed by atoms with E-state index in [1.54, 1.807) is 6.29 Å². The van der Waals surface area contributed by atoms with Gasteiger partial charge in [-0.1, -0.05) is 0 Å². The molecule has 10 heavy (non-hydrogen) atoms. The van der Waals surface area contributed by atoms with Crippen LogP contribution in [-0.4, -0.2) is 17.2 Å². The molecule has 2 N–H and O–H groups in total. The highest BCUT2D eigenvalue weighted by Crippen LogP contribution is 2.05. The molecule has 0 aliphatic heterocycles. The van der Waals surface area contributed by atoms with Crippen LogP contribution in [0.1, 0.15) is 15.5 Å². The zero-order valence-corrected chi connectivity index (χ0v) is 5.64. The lowest BCUT2D eigenvalue weighted by Gasteiger charge is -1.80. The van der Waals surface area contributed by atoms with Crippen molar-refractivity contribution in [3.05, 3.63) is 16.1 Å². The van der Waals surface area contributed by atoms with E-state index in [9.17, 15) is 9.59 Å². The summed E-state index contributed by atoms with van der Waals surface area (Å²) in [5.74, 6) is -0.627. The van der Waals surface area contributed by atoms with Crippen molar-refractivity contribution in [2.45, 2.75) is 0 Å². The molecule has 0 aromatic carbocycles. The maximum absolute atomic E-state index is 10.4. The number of carbonyl (C=O) groups is 1. The molecule has 1 aromatic rings. The van der Waals surface area contributed by atoms with Gasteiger partial charge < -0.3 is 5.73 Å². The van der Waals surface area contributed by atoms with E-state index in [0.717, 1.165) is 11.3 Å². The average Bonchev–Trinajstić information content (AvgIpc) is 2.34. The van der Waals surface area contributed by atoms with Crippen molar-refractivity contribution in [3.8, 4) is 0 Å². The standard InChI is InChI=1S/C5H3N2O2S/c6-5(9)3-2-10-4(1-8)7-3/h2H,(H2,6,9). The third-order valence-electron chi connectivity index (χ3n) is 0.844. The summed E-state index contributed by atoms with van der Waals surface area (Å²) in [5, 5.41) is 1.57. The number of hydrogen-bond acceptors (Lipinski definition) is 4. The van der Waals surface area contributed by atoms with Crippen molar-refractivity contribution in [2.24, 2.45) is 5.73 Å². The minimum atomic E-state index is -0.627. The lowest BCUT2D eigenvalue weighted by molar-refractivity contribution is 0.0996. The molecule has 0 unspecified atom stereocenters. The van der Waals surface area contributed by atoms with Crippen LogP contribution in [0, 0.1) is 0 Å². The fourth-order valence-corrected chi connectivity index (χ4v) is 1.03. The molecule has 0 spiro atoms. The maximum Gasteiger partial charge on any atom is 0.268 e. The molecule has 0 aliphatic rings. The predicted molar refractivity (Wildman–Crippen MR) is 35.4 cm³/mol. The fraction of sp³-hybridized carbons (Fsp3) is 0. The molecule has 1 rings (SSSR count). The maximum atomic E-state index is 10.4. The van der Waals surface area contributed by atoms with Gasteiger partial charge in [-0.15, -0.1) is 11.3 Å². The van der Waals surface area contributed by atoms with E-state index in [0.29, 0.717) is 0 Å². The SMILES string of the molecule is NC(=O)c1csc([C]=O)n1. The second-order valence-electron chi connectivity index (χ2n) is 1.50. The summed E-state index contributed by atoms with van der Waals surface area (Å²) < 4.78 is 0. The van der Waals surface area contributed by atoms with E-state index in [1.165, 1.54) is 5.38 Å². The number of primary amides is 1. The Kier molecular flexibility index (Phi) is 1.77. The number of aromatic nitrogens is 1. The van der Waals surface area contributed by atoms with E-state index in [1.807, 2.05) is 0 Å². The number of amides is 1. The molecule has 0 saturated heterocycles. The molecule has 5 heteroatoms. The first kappa shape index (κ1) is 6.88. The smallest absolute Gasteiger partial charge is 0.268 e. The summed E-state index contributed by atoms with van der Waals surface area (Å²) in [6.45, 7) is 0. The molecule has 1 aromatic heterocycles. The molecule has 0 fully saturated rings. The van der Waals surface area contributed by atoms with Gasteiger partial charge in [-0.05, 0) is 0 Å². The Morgan fingerprint density at radius 2 is 2.50 bits per heavy atom. The normalized spacial score (nSPS) is 9.20. The molecule has 1 amide bonds. The molecular weight excluding hydrogens is 152 g/mol. The van der Waals surface area contributed by atoms with Crippen molar-refractivity contribution in [1.29, 1.82) is 0 Å². The molecule has 51 valence electrons. The lowest BCUT2D eigenvalue weighted by Crippen LogP contribution is -2.11. The molecule has 1 heterocycles. The molecule has 0 saturated carbocycles. The molecule has 1 radical (unpaired) electrons. The van der Waals surface area contributed by atoms with E-state index in [4.69, 9.17) is 5.73 Å². The Morgan fingerprint density at radius 3 is 2.80 bits per heavy atom. The van der Waals surface area contributed by atoms with Crippen molar-refractivity contribution in [2.75, 3.05) is 0 Å². The van der Waals surface area contributed by atoms with Gasteiger partial charge in [0.2, 0.25) is 0 Å². The first-order valence-electron chi connectivity index (χ1n) is 2.37. The topological polar surface area (TPSA) is 73.1 Å². The Balaban J connectivity index is 2.98. The molecule has 4 nitrogen and oxygen atoms in total. The van der Waals surface area contributed by atoms with Crippen molar-refractivity contribution in [1.82, 2.24) is 4.98 Å². The van der Waals surface area contributed by atoms with E-state index in [-0.39, 0.29) is 10.7 Å². The monoisotopic (exact) mass is 155 g/mol. The largest absolute Gasteiger partial charge is 0.364 e. The van der Waals surface area contributed by atoms with Gasteiger partial charge >= 0.3 is 0 Å². The van der Waals surface area contributed by atoms with Crippen LogP contribution in [0.3, 0.4) is 0 Å². The number of nitrogens with zero attached hydrogens (tertiary/aromatic N) is 1. The van der Waals surface area contributed by atoms with Crippen LogP contribution >= 0.6 is 11.3 Å². The highest BCUT2D eigenvalue weighted by atomic mass is 32.1. The van der Waals surface area contributed by atoms with Gasteiger partial charge in [0, 0.05) is 5.38 Å². The van der Waals surface area contributed by atoms with Crippen molar-refractivity contribution in [3.63, 3.8) is 0 Å². The molecule has 0 bridgehead atoms. The second kappa shape index (κ2) is 2.57. The van der Waals surface area contributed by atoms with E-state index < -0.39 is 5.91 Å². The van der Waals surface area contributed by atoms with E-state index in [2.05, 4.69) is 4.98 Å². The minimum absolute atomic E-state index is 0.114. The molecular formula is C5H3N2O2S. The van der Waals surface area contributed by atoms with Gasteiger partial charge in [0.15, 0.2) is 5.01 Å². The fourth-order valence-electron chi connectivity index (χ4n) is 0.434. The Hall–Kier alpha value is -1.23. The lowest BCUT2D eigenvalue weighted by atomic mass is 10.5. The predicted octanol–water partition coefficient (Wildman–Crippen LogP) is -0.300. The number of nitrogens with two attached hydrogens (primary N) is 1. The summed E-state index contributed by atoms with van der Waals surface area (Å²) in [7, 11) is 0. The van der Waals surface area contributed by atoms with Gasteiger partial charge in [-0.2, -0.15) is 0 Å². The highest BCUT2D eigenvalue weighted by Gasteiger charge is 2.05.